The number of nitrogens with zero attached hydrogens (tertiary/aromatic N) is 1. The molecule has 0 saturated carbocycles. The Balaban J connectivity index is 1.55. The van der Waals surface area contributed by atoms with Crippen LogP contribution in [0.3, 0.4) is 0 Å². The molecule has 1 aliphatic heterocycles. The lowest BCUT2D eigenvalue weighted by atomic mass is 9.95. The summed E-state index contributed by atoms with van der Waals surface area (Å²) in [4.78, 5) is 26.9. The van der Waals surface area contributed by atoms with Crippen molar-refractivity contribution < 1.29 is 14.3 Å². The van der Waals surface area contributed by atoms with Gasteiger partial charge in [0.15, 0.2) is 0 Å². The first-order valence-electron chi connectivity index (χ1n) is 9.02. The van der Waals surface area contributed by atoms with Gasteiger partial charge >= 0.3 is 5.97 Å². The van der Waals surface area contributed by atoms with Crippen molar-refractivity contribution in [1.29, 1.82) is 0 Å². The molecule has 0 spiro atoms. The van der Waals surface area contributed by atoms with E-state index in [-0.39, 0.29) is 11.8 Å². The number of ether oxygens (including phenoxy) is 1. The van der Waals surface area contributed by atoms with E-state index in [9.17, 15) is 9.59 Å². The minimum absolute atomic E-state index is 0.0338. The van der Waals surface area contributed by atoms with Crippen LogP contribution < -0.4 is 5.32 Å². The standard InChI is InChI=1S/C21H23BrN2O3/c1-27-21(26)18-7-2-3-8-19(18)23-20(25)16-9-11-24(12-10-16)14-15-5-4-6-17(22)13-15/h2-8,13,16H,9-12,14H2,1H3,(H,23,25). The maximum atomic E-state index is 12.7. The number of rotatable bonds is 5. The number of hydrogen-bond acceptors (Lipinski definition) is 4. The summed E-state index contributed by atoms with van der Waals surface area (Å²) in [5.74, 6) is -0.530. The molecule has 0 aromatic heterocycles. The van der Waals surface area contributed by atoms with Gasteiger partial charge in [0, 0.05) is 16.9 Å². The lowest BCUT2D eigenvalue weighted by Crippen LogP contribution is -2.37. The molecule has 142 valence electrons. The molecule has 5 nitrogen and oxygen atoms in total. The molecule has 0 bridgehead atoms. The van der Waals surface area contributed by atoms with Gasteiger partial charge in [0.25, 0.3) is 0 Å². The van der Waals surface area contributed by atoms with Gasteiger partial charge < -0.3 is 10.1 Å². The molecule has 2 aromatic carbocycles. The fraction of sp³-hybridized carbons (Fsp3) is 0.333. The smallest absolute Gasteiger partial charge is 0.339 e. The van der Waals surface area contributed by atoms with Crippen LogP contribution in [0.4, 0.5) is 5.69 Å². The number of esters is 1. The Morgan fingerprint density at radius 1 is 1.15 bits per heavy atom. The third kappa shape index (κ3) is 5.17. The first-order valence-corrected chi connectivity index (χ1v) is 9.81. The quantitative estimate of drug-likeness (QED) is 0.725. The number of para-hydroxylation sites is 1. The van der Waals surface area contributed by atoms with Crippen molar-refractivity contribution in [3.05, 3.63) is 64.1 Å². The SMILES string of the molecule is COC(=O)c1ccccc1NC(=O)C1CCN(Cc2cccc(Br)c2)CC1. The molecule has 0 aliphatic carbocycles. The fourth-order valence-corrected chi connectivity index (χ4v) is 3.81. The maximum absolute atomic E-state index is 12.7. The van der Waals surface area contributed by atoms with Gasteiger partial charge in [-0.2, -0.15) is 0 Å². The van der Waals surface area contributed by atoms with E-state index in [4.69, 9.17) is 4.74 Å². The van der Waals surface area contributed by atoms with Crippen LogP contribution in [-0.2, 0) is 16.1 Å². The van der Waals surface area contributed by atoms with E-state index < -0.39 is 5.97 Å². The summed E-state index contributed by atoms with van der Waals surface area (Å²) in [7, 11) is 1.34. The number of anilines is 1. The van der Waals surface area contributed by atoms with Gasteiger partial charge in [-0.25, -0.2) is 4.79 Å². The van der Waals surface area contributed by atoms with E-state index in [1.807, 2.05) is 12.1 Å². The predicted octanol–water partition coefficient (Wildman–Crippen LogP) is 4.09. The Bertz CT molecular complexity index is 817. The normalized spacial score (nSPS) is 15.3. The van der Waals surface area contributed by atoms with E-state index in [1.54, 1.807) is 24.3 Å². The van der Waals surface area contributed by atoms with Crippen molar-refractivity contribution in [2.75, 3.05) is 25.5 Å². The van der Waals surface area contributed by atoms with Gasteiger partial charge in [0.1, 0.15) is 0 Å². The molecule has 3 rings (SSSR count). The molecule has 27 heavy (non-hydrogen) atoms. The Morgan fingerprint density at radius 3 is 2.59 bits per heavy atom. The minimum Gasteiger partial charge on any atom is -0.465 e. The average molecular weight is 431 g/mol. The lowest BCUT2D eigenvalue weighted by molar-refractivity contribution is -0.121. The van der Waals surface area contributed by atoms with Gasteiger partial charge in [-0.1, -0.05) is 40.2 Å². The average Bonchev–Trinajstić information content (AvgIpc) is 2.68. The van der Waals surface area contributed by atoms with Gasteiger partial charge in [-0.15, -0.1) is 0 Å². The topological polar surface area (TPSA) is 58.6 Å². The number of carbonyl (C=O) groups is 2. The molecule has 1 saturated heterocycles. The first kappa shape index (κ1) is 19.6. The number of piperidine rings is 1. The van der Waals surface area contributed by atoms with Gasteiger partial charge in [-0.3, -0.25) is 9.69 Å². The van der Waals surface area contributed by atoms with E-state index in [2.05, 4.69) is 38.3 Å². The van der Waals surface area contributed by atoms with E-state index in [0.717, 1.165) is 36.9 Å². The highest BCUT2D eigenvalue weighted by Crippen LogP contribution is 2.23. The van der Waals surface area contributed by atoms with Crippen molar-refractivity contribution in [2.45, 2.75) is 19.4 Å². The van der Waals surface area contributed by atoms with Gasteiger partial charge in [-0.05, 0) is 55.8 Å². The number of methoxy groups -OCH3 is 1. The van der Waals surface area contributed by atoms with Crippen LogP contribution in [0, 0.1) is 5.92 Å². The summed E-state index contributed by atoms with van der Waals surface area (Å²) in [5, 5.41) is 2.90. The Hall–Kier alpha value is -2.18. The van der Waals surface area contributed by atoms with E-state index in [1.165, 1.54) is 12.7 Å². The van der Waals surface area contributed by atoms with Crippen molar-refractivity contribution in [3.8, 4) is 0 Å². The zero-order valence-electron chi connectivity index (χ0n) is 15.3. The third-order valence-corrected chi connectivity index (χ3v) is 5.34. The number of carbonyl (C=O) groups excluding carboxylic acids is 2. The van der Waals surface area contributed by atoms with Crippen LogP contribution in [0.2, 0.25) is 0 Å². The highest BCUT2D eigenvalue weighted by Gasteiger charge is 2.26. The molecule has 0 atom stereocenters. The fourth-order valence-electron chi connectivity index (χ4n) is 3.36. The molecular formula is C21H23BrN2O3. The van der Waals surface area contributed by atoms with E-state index in [0.29, 0.717) is 11.3 Å². The summed E-state index contributed by atoms with van der Waals surface area (Å²) in [6.45, 7) is 2.64. The maximum Gasteiger partial charge on any atom is 0.339 e. The zero-order valence-corrected chi connectivity index (χ0v) is 16.9. The van der Waals surface area contributed by atoms with Crippen molar-refractivity contribution >= 4 is 33.5 Å². The predicted molar refractivity (Wildman–Crippen MR) is 109 cm³/mol. The molecule has 6 heteroatoms. The van der Waals surface area contributed by atoms with Crippen molar-refractivity contribution in [3.63, 3.8) is 0 Å². The molecule has 1 fully saturated rings. The largest absolute Gasteiger partial charge is 0.465 e. The van der Waals surface area contributed by atoms with Crippen molar-refractivity contribution in [1.82, 2.24) is 4.90 Å². The van der Waals surface area contributed by atoms with Crippen LogP contribution >= 0.6 is 15.9 Å². The second-order valence-corrected chi connectivity index (χ2v) is 7.62. The number of likely N-dealkylation sites (tertiary alicyclic amines) is 1. The summed E-state index contributed by atoms with van der Waals surface area (Å²) < 4.78 is 5.86. The van der Waals surface area contributed by atoms with Gasteiger partial charge in [0.2, 0.25) is 5.91 Å². The number of nitrogens with one attached hydrogen (secondary N) is 1. The summed E-state index contributed by atoms with van der Waals surface area (Å²) in [6.07, 6.45) is 1.61. The van der Waals surface area contributed by atoms with Crippen LogP contribution in [0.25, 0.3) is 0 Å². The molecule has 1 aliphatic rings. The summed E-state index contributed by atoms with van der Waals surface area (Å²) >= 11 is 3.50. The number of hydrogen-bond donors (Lipinski definition) is 1. The second kappa shape index (κ2) is 9.15. The molecular weight excluding hydrogens is 408 g/mol. The Labute approximate surface area is 167 Å². The van der Waals surface area contributed by atoms with Gasteiger partial charge in [0.05, 0.1) is 18.4 Å². The summed E-state index contributed by atoms with van der Waals surface area (Å²) in [5.41, 5.74) is 2.14. The Morgan fingerprint density at radius 2 is 1.89 bits per heavy atom. The second-order valence-electron chi connectivity index (χ2n) is 6.71. The molecule has 2 aromatic rings. The first-order chi connectivity index (χ1) is 13.1. The van der Waals surface area contributed by atoms with Crippen LogP contribution in [0.15, 0.2) is 53.0 Å². The van der Waals surface area contributed by atoms with Crippen LogP contribution in [0.1, 0.15) is 28.8 Å². The van der Waals surface area contributed by atoms with Crippen LogP contribution in [-0.4, -0.2) is 37.0 Å². The minimum atomic E-state index is -0.449. The monoisotopic (exact) mass is 430 g/mol. The summed E-state index contributed by atoms with van der Waals surface area (Å²) in [6, 6.07) is 15.2. The van der Waals surface area contributed by atoms with Crippen LogP contribution in [0.5, 0.6) is 0 Å². The molecule has 1 amide bonds. The third-order valence-electron chi connectivity index (χ3n) is 4.84. The number of amides is 1. The number of benzene rings is 2. The molecule has 0 radical (unpaired) electrons. The lowest BCUT2D eigenvalue weighted by Gasteiger charge is -2.31. The van der Waals surface area contributed by atoms with Crippen molar-refractivity contribution in [2.24, 2.45) is 5.92 Å². The molecule has 1 heterocycles. The highest BCUT2D eigenvalue weighted by molar-refractivity contribution is 9.10. The molecule has 0 unspecified atom stereocenters. The molecule has 1 N–H and O–H groups in total. The number of halogens is 1. The highest BCUT2D eigenvalue weighted by atomic mass is 79.9. The zero-order chi connectivity index (χ0) is 19.2. The van der Waals surface area contributed by atoms with E-state index >= 15 is 0 Å². The Kier molecular flexibility index (Phi) is 6.63.